The Morgan fingerprint density at radius 2 is 1.40 bits per heavy atom. The van der Waals surface area contributed by atoms with Gasteiger partial charge in [-0.15, -0.1) is 0 Å². The molecule has 6 aliphatic rings. The molecule has 15 atom stereocenters. The average molecular weight is 1270 g/mol. The number of nitrogens with one attached hydrogen (secondary N) is 2. The van der Waals surface area contributed by atoms with E-state index in [1.165, 1.54) is 13.3 Å². The number of aryl methyl sites for hydroxylation is 2. The molecule has 8 bridgehead atoms. The van der Waals surface area contributed by atoms with Crippen molar-refractivity contribution < 1.29 is 67.0 Å². The summed E-state index contributed by atoms with van der Waals surface area (Å²) in [5, 5.41) is 28.2. The molecule has 0 saturated carbocycles. The highest BCUT2D eigenvalue weighted by molar-refractivity contribution is 7.47. The number of nitrogens with two attached hydrogens (primary N) is 6. The van der Waals surface area contributed by atoms with Crippen LogP contribution in [0.4, 0.5) is 0 Å². The highest BCUT2D eigenvalue weighted by Gasteiger charge is 2.66. The fourth-order valence-electron chi connectivity index (χ4n) is 15.4. The topological polar surface area (TPSA) is 460 Å². The highest BCUT2D eigenvalue weighted by Crippen LogP contribution is 2.63. The molecule has 492 valence electrons. The third-order valence-electron chi connectivity index (χ3n) is 20.6. The van der Waals surface area contributed by atoms with Gasteiger partial charge in [0.2, 0.25) is 41.4 Å². The molecule has 7 amide bonds. The summed E-state index contributed by atoms with van der Waals surface area (Å²) in [6.07, 6.45) is -4.26. The maximum absolute atomic E-state index is 14.4. The van der Waals surface area contributed by atoms with Crippen LogP contribution in [0.5, 0.6) is 0 Å². The molecule has 2 fully saturated rings. The minimum absolute atomic E-state index is 0.0114. The Hall–Kier alpha value is -7.00. The molecule has 1 aromatic carbocycles. The summed E-state index contributed by atoms with van der Waals surface area (Å²) < 4.78 is 32.3. The number of hydrogen-bond donors (Lipinski definition) is 11. The van der Waals surface area contributed by atoms with Crippen molar-refractivity contribution in [3.63, 3.8) is 0 Å². The van der Waals surface area contributed by atoms with Crippen LogP contribution in [0, 0.1) is 59.2 Å². The molecule has 0 radical (unpaired) electrons. The van der Waals surface area contributed by atoms with Crippen molar-refractivity contribution in [2.75, 3.05) is 13.2 Å². The zero-order valence-corrected chi connectivity index (χ0v) is 54.1. The Bertz CT molecular complexity index is 3540. The first kappa shape index (κ1) is 68.9. The molecule has 0 aliphatic carbocycles. The number of rotatable bonds is 26. The Labute approximate surface area is 523 Å². The maximum atomic E-state index is 14.4. The lowest BCUT2D eigenvalue weighted by Crippen LogP contribution is -2.56. The first-order chi connectivity index (χ1) is 41.8. The molecule has 0 spiro atoms. The number of aromatic nitrogens is 2. The molecule has 28 heteroatoms. The number of primary amides is 6. The molecule has 1 unspecified atom stereocenters. The minimum Gasteiger partial charge on any atom is -0.394 e. The van der Waals surface area contributed by atoms with Crippen molar-refractivity contribution in [1.82, 2.24) is 20.2 Å². The number of fused-ring (bicyclic) bond motifs is 7. The van der Waals surface area contributed by atoms with E-state index in [-0.39, 0.29) is 77.2 Å². The van der Waals surface area contributed by atoms with Crippen LogP contribution in [-0.4, -0.2) is 132 Å². The standard InChI is InChI=1S/C62H90N13O14P/c1-29-20-39-40(21-30(29)2)75(28-70-39)57-52(84)53(41(27-76)87-57)89-90(85,86)88-31(3)26-69-49(83)18-19-59(8)37(22-46(66)80)56-62(11)61(10,25-48(68)82)36(14-17-45(65)79)51(74-62)33(5)55-60(9,24-47(67)81)34(12-15-43(63)77)38(71-55)23-42-58(6,7)35(13-16-44(64)78)50(72-42)32(4)54(59)73-56/h20-21,23,28,31,34-37,41,52-53,56-57,71,76,84H,12-19,22,24-27H2,1-11H3,(H2,63,77)(H2,64,78)(H2,65,79)(H2,66,80)(H2,67,81)(H2,68,82)(H,69,83)(H,85,86)/t31-,34-,35-,36-,37+,41+,52-,53+,56-,57+,59-,60+,61+,62+/m1/s1. The summed E-state index contributed by atoms with van der Waals surface area (Å²) in [5.41, 5.74) is 37.4. The molecular weight excluding hydrogens is 1180 g/mol. The van der Waals surface area contributed by atoms with Crippen LogP contribution in [0.15, 0.2) is 67.8 Å². The second-order valence-corrected chi connectivity index (χ2v) is 28.4. The van der Waals surface area contributed by atoms with Crippen molar-refractivity contribution in [1.29, 1.82) is 0 Å². The summed E-state index contributed by atoms with van der Waals surface area (Å²) in [6, 6.07) is 2.70. The molecule has 1 aromatic heterocycles. The zero-order valence-electron chi connectivity index (χ0n) is 53.3. The molecule has 7 heterocycles. The van der Waals surface area contributed by atoms with E-state index in [0.717, 1.165) is 11.1 Å². The number of allylic oxidation sites excluding steroid dienone is 6. The van der Waals surface area contributed by atoms with Gasteiger partial charge in [0.05, 0.1) is 41.7 Å². The Balaban J connectivity index is 1.19. The fraction of sp³-hybridized carbons (Fsp3) is 0.629. The summed E-state index contributed by atoms with van der Waals surface area (Å²) in [4.78, 5) is 126. The summed E-state index contributed by atoms with van der Waals surface area (Å²) >= 11 is 0. The molecule has 8 rings (SSSR count). The van der Waals surface area contributed by atoms with E-state index in [9.17, 15) is 53.2 Å². The van der Waals surface area contributed by atoms with Gasteiger partial charge in [-0.3, -0.25) is 57.6 Å². The first-order valence-electron chi connectivity index (χ1n) is 30.6. The molecule has 27 nitrogen and oxygen atoms in total. The van der Waals surface area contributed by atoms with E-state index in [2.05, 4.69) is 15.6 Å². The van der Waals surface area contributed by atoms with E-state index < -0.39 is 143 Å². The second-order valence-electron chi connectivity index (χ2n) is 27.1. The van der Waals surface area contributed by atoms with Gasteiger partial charge in [-0.05, 0) is 108 Å². The number of aliphatic hydroxyl groups excluding tert-OH is 2. The molecular formula is C62H90N13O14P. The summed E-state index contributed by atoms with van der Waals surface area (Å²) in [7, 11) is -5.07. The van der Waals surface area contributed by atoms with Gasteiger partial charge in [0, 0.05) is 131 Å². The average Bonchev–Trinajstić information content (AvgIpc) is 1.53. The van der Waals surface area contributed by atoms with Gasteiger partial charge in [-0.25, -0.2) is 9.55 Å². The van der Waals surface area contributed by atoms with Gasteiger partial charge in [0.15, 0.2) is 6.23 Å². The predicted molar refractivity (Wildman–Crippen MR) is 334 cm³/mol. The molecule has 2 aromatic rings. The highest BCUT2D eigenvalue weighted by atomic mass is 31.2. The van der Waals surface area contributed by atoms with Gasteiger partial charge in [-0.2, -0.15) is 0 Å². The van der Waals surface area contributed by atoms with Gasteiger partial charge in [-0.1, -0.05) is 34.6 Å². The van der Waals surface area contributed by atoms with E-state index >= 15 is 0 Å². The normalized spacial score (nSPS) is 32.0. The Morgan fingerprint density at radius 1 is 0.800 bits per heavy atom. The Kier molecular flexibility index (Phi) is 19.6. The van der Waals surface area contributed by atoms with E-state index in [1.54, 1.807) is 4.57 Å². The number of amides is 7. The fourth-order valence-corrected chi connectivity index (χ4v) is 16.6. The number of carbonyl (C=O) groups excluding carboxylic acids is 7. The monoisotopic (exact) mass is 1270 g/mol. The number of imidazole rings is 1. The molecule has 2 saturated heterocycles. The van der Waals surface area contributed by atoms with Crippen LogP contribution in [0.3, 0.4) is 0 Å². The van der Waals surface area contributed by atoms with Crippen molar-refractivity contribution in [3.05, 3.63) is 63.9 Å². The minimum atomic E-state index is -5.07. The van der Waals surface area contributed by atoms with Crippen LogP contribution in [0.25, 0.3) is 11.0 Å². The van der Waals surface area contributed by atoms with Crippen molar-refractivity contribution >= 4 is 77.3 Å². The van der Waals surface area contributed by atoms with Crippen LogP contribution < -0.4 is 45.0 Å². The van der Waals surface area contributed by atoms with E-state index in [1.807, 2.05) is 87.4 Å². The number of phosphoric acid groups is 1. The van der Waals surface area contributed by atoms with Crippen LogP contribution in [-0.2, 0) is 51.9 Å². The van der Waals surface area contributed by atoms with Gasteiger partial charge < -0.3 is 69.4 Å². The predicted octanol–water partition coefficient (Wildman–Crippen LogP) is 3.16. The lowest BCUT2D eigenvalue weighted by atomic mass is 9.55. The third-order valence-corrected chi connectivity index (χ3v) is 21.7. The maximum Gasteiger partial charge on any atom is 0.472 e. The zero-order chi connectivity index (χ0) is 66.7. The third kappa shape index (κ3) is 13.0. The van der Waals surface area contributed by atoms with Gasteiger partial charge >= 0.3 is 7.82 Å². The van der Waals surface area contributed by atoms with Crippen LogP contribution in [0.1, 0.15) is 150 Å². The number of nitrogens with zero attached hydrogens (tertiary/aromatic N) is 5. The smallest absolute Gasteiger partial charge is 0.394 e. The number of phosphoric ester groups is 1. The lowest BCUT2D eigenvalue weighted by Gasteiger charge is -2.48. The largest absolute Gasteiger partial charge is 0.472 e. The quantitative estimate of drug-likeness (QED) is 0.0603. The second kappa shape index (κ2) is 25.6. The summed E-state index contributed by atoms with van der Waals surface area (Å²) in [5.74, 6) is -7.18. The molecule has 90 heavy (non-hydrogen) atoms. The SMILES string of the molecule is CC1=C2N=C(C=C3NC(=C(C)C4=N[C@@](C)([C@@H]5N=C1[C@](C)(CCC(=O)NC[C@@H](C)OP(=O)(O)O[C@@H]1[C@@H](O)[C@@H](n6cnc7cc(C)c(C)cc76)O[C@H]1CO)[C@H]5CC(N)=O)[C@@](C)(CC(N)=O)[C@@H]4CCC(N)=O)[C@@](C)(CC(N)=O)[C@@H]3CCC(N)=O)C(C)(C)[C@@H]2CCC(N)=O. The number of aliphatic hydroxyl groups is 2. The van der Waals surface area contributed by atoms with E-state index in [0.29, 0.717) is 56.4 Å². The van der Waals surface area contributed by atoms with Crippen LogP contribution in [0.2, 0.25) is 0 Å². The van der Waals surface area contributed by atoms with Crippen molar-refractivity contribution in [3.8, 4) is 0 Å². The summed E-state index contributed by atoms with van der Waals surface area (Å²) in [6.45, 7) is 19.3. The van der Waals surface area contributed by atoms with E-state index in [4.69, 9.17) is 63.2 Å². The van der Waals surface area contributed by atoms with Crippen molar-refractivity contribution in [2.45, 2.75) is 189 Å². The number of carbonyl (C=O) groups is 7. The number of ether oxygens (including phenoxy) is 1. The number of aliphatic imine (C=N–C) groups is 3. The number of benzene rings is 1. The number of hydrogen-bond acceptors (Lipinski definition) is 18. The Morgan fingerprint density at radius 3 is 1.99 bits per heavy atom. The first-order valence-corrected chi connectivity index (χ1v) is 32.1. The molecule has 17 N–H and O–H groups in total. The van der Waals surface area contributed by atoms with Crippen LogP contribution >= 0.6 is 7.82 Å². The van der Waals surface area contributed by atoms with Crippen molar-refractivity contribution in [2.24, 2.45) is 94.7 Å². The van der Waals surface area contributed by atoms with Gasteiger partial charge in [0.1, 0.15) is 18.3 Å². The molecule has 6 aliphatic heterocycles. The van der Waals surface area contributed by atoms with Gasteiger partial charge in [0.25, 0.3) is 0 Å². The lowest BCUT2D eigenvalue weighted by molar-refractivity contribution is -0.124.